The second kappa shape index (κ2) is 4.01. The van der Waals surface area contributed by atoms with E-state index in [-0.39, 0.29) is 5.69 Å². The number of hydrogen-bond acceptors (Lipinski definition) is 4. The van der Waals surface area contributed by atoms with E-state index >= 15 is 0 Å². The Morgan fingerprint density at radius 3 is 2.56 bits per heavy atom. The first-order chi connectivity index (χ1) is 7.70. The van der Waals surface area contributed by atoms with Gasteiger partial charge in [0.25, 0.3) is 5.69 Å². The third kappa shape index (κ3) is 1.85. The van der Waals surface area contributed by atoms with Gasteiger partial charge in [-0.3, -0.25) is 10.1 Å². The molecule has 0 saturated heterocycles. The number of nitrogens with one attached hydrogen (secondary N) is 1. The second-order valence-electron chi connectivity index (χ2n) is 3.20. The summed E-state index contributed by atoms with van der Waals surface area (Å²) in [4.78, 5) is 10.0. The van der Waals surface area contributed by atoms with Gasteiger partial charge in [0.05, 0.1) is 28.7 Å². The van der Waals surface area contributed by atoms with Gasteiger partial charge in [-0.2, -0.15) is 5.10 Å². The highest BCUT2D eigenvalue weighted by atomic mass is 16.6. The summed E-state index contributed by atoms with van der Waals surface area (Å²) in [6.45, 7) is 0. The van der Waals surface area contributed by atoms with Gasteiger partial charge in [0.1, 0.15) is 0 Å². The van der Waals surface area contributed by atoms with Gasteiger partial charge in [-0.15, -0.1) is 0 Å². The molecule has 1 aromatic heterocycles. The molecule has 0 saturated carbocycles. The Bertz CT molecular complexity index is 504. The van der Waals surface area contributed by atoms with Crippen LogP contribution in [0.1, 0.15) is 0 Å². The normalized spacial score (nSPS) is 10.1. The van der Waals surface area contributed by atoms with Crippen LogP contribution in [-0.2, 0) is 0 Å². The van der Waals surface area contributed by atoms with Gasteiger partial charge in [0, 0.05) is 19.2 Å². The minimum Gasteiger partial charge on any atom is -0.386 e. The summed E-state index contributed by atoms with van der Waals surface area (Å²) in [5.74, 6) is 0. The zero-order chi connectivity index (χ0) is 11.5. The van der Waals surface area contributed by atoms with Crippen molar-refractivity contribution < 1.29 is 4.92 Å². The lowest BCUT2D eigenvalue weighted by Gasteiger charge is -1.99. The van der Waals surface area contributed by atoms with E-state index in [4.69, 9.17) is 0 Å². The van der Waals surface area contributed by atoms with Crippen molar-refractivity contribution >= 4 is 11.4 Å². The van der Waals surface area contributed by atoms with Gasteiger partial charge in [-0.05, 0) is 12.1 Å². The predicted octanol–water partition coefficient (Wildman–Crippen LogP) is 1.82. The molecule has 0 amide bonds. The van der Waals surface area contributed by atoms with Crippen molar-refractivity contribution in [1.82, 2.24) is 9.78 Å². The third-order valence-corrected chi connectivity index (χ3v) is 2.20. The Balaban J connectivity index is 2.30. The Labute approximate surface area is 91.7 Å². The summed E-state index contributed by atoms with van der Waals surface area (Å²) in [7, 11) is 1.80. The molecule has 2 aromatic rings. The Kier molecular flexibility index (Phi) is 2.55. The first-order valence-corrected chi connectivity index (χ1v) is 4.68. The highest BCUT2D eigenvalue weighted by molar-refractivity contribution is 5.44. The molecule has 0 atom stereocenters. The van der Waals surface area contributed by atoms with Crippen molar-refractivity contribution in [3.63, 3.8) is 0 Å². The molecule has 6 nitrogen and oxygen atoms in total. The molecule has 82 valence electrons. The van der Waals surface area contributed by atoms with Crippen molar-refractivity contribution in [2.24, 2.45) is 0 Å². The molecule has 1 N–H and O–H groups in total. The number of aromatic nitrogens is 2. The lowest BCUT2D eigenvalue weighted by molar-refractivity contribution is -0.384. The first-order valence-electron chi connectivity index (χ1n) is 4.68. The van der Waals surface area contributed by atoms with Crippen LogP contribution in [0.3, 0.4) is 0 Å². The quantitative estimate of drug-likeness (QED) is 0.630. The Hall–Kier alpha value is -2.37. The van der Waals surface area contributed by atoms with Gasteiger partial charge < -0.3 is 5.32 Å². The van der Waals surface area contributed by atoms with Crippen LogP contribution in [0.4, 0.5) is 11.4 Å². The second-order valence-corrected chi connectivity index (χ2v) is 3.20. The topological polar surface area (TPSA) is 73.0 Å². The maximum Gasteiger partial charge on any atom is 0.269 e. The van der Waals surface area contributed by atoms with Gasteiger partial charge in [0.15, 0.2) is 0 Å². The summed E-state index contributed by atoms with van der Waals surface area (Å²) < 4.78 is 1.65. The molecule has 0 bridgehead atoms. The van der Waals surface area contributed by atoms with E-state index in [2.05, 4.69) is 10.4 Å². The number of hydrogen-bond donors (Lipinski definition) is 1. The van der Waals surface area contributed by atoms with Crippen molar-refractivity contribution in [2.75, 3.05) is 12.4 Å². The smallest absolute Gasteiger partial charge is 0.269 e. The molecule has 16 heavy (non-hydrogen) atoms. The lowest BCUT2D eigenvalue weighted by atomic mass is 10.3. The fraction of sp³-hybridized carbons (Fsp3) is 0.100. The van der Waals surface area contributed by atoms with E-state index in [0.29, 0.717) is 0 Å². The standard InChI is InChI=1S/C10H10N4O2/c1-11-8-6-12-13(7-8)9-2-4-10(5-3-9)14(15)16/h2-7,11H,1H3. The minimum atomic E-state index is -0.425. The fourth-order valence-electron chi connectivity index (χ4n) is 1.32. The SMILES string of the molecule is CNc1cnn(-c2ccc([N+](=O)[O-])cc2)c1. The summed E-state index contributed by atoms with van der Waals surface area (Å²) in [6, 6.07) is 6.22. The number of non-ortho nitro benzene ring substituents is 1. The first kappa shape index (κ1) is 10.2. The molecule has 0 spiro atoms. The van der Waals surface area contributed by atoms with E-state index in [9.17, 15) is 10.1 Å². The molecule has 0 unspecified atom stereocenters. The van der Waals surface area contributed by atoms with Crippen LogP contribution in [0.2, 0.25) is 0 Å². The number of anilines is 1. The molecule has 0 fully saturated rings. The maximum absolute atomic E-state index is 10.5. The van der Waals surface area contributed by atoms with E-state index in [1.807, 2.05) is 0 Å². The molecule has 0 aliphatic heterocycles. The predicted molar refractivity (Wildman–Crippen MR) is 59.8 cm³/mol. The van der Waals surface area contributed by atoms with E-state index in [0.717, 1.165) is 11.4 Å². The van der Waals surface area contributed by atoms with E-state index in [1.54, 1.807) is 36.3 Å². The number of nitro benzene ring substituents is 1. The van der Waals surface area contributed by atoms with Crippen LogP contribution in [0.5, 0.6) is 0 Å². The van der Waals surface area contributed by atoms with Gasteiger partial charge in [0.2, 0.25) is 0 Å². The molecular formula is C10H10N4O2. The largest absolute Gasteiger partial charge is 0.386 e. The summed E-state index contributed by atoms with van der Waals surface area (Å²) in [5.41, 5.74) is 1.75. The molecule has 0 aliphatic rings. The van der Waals surface area contributed by atoms with Crippen LogP contribution in [0.25, 0.3) is 5.69 Å². The zero-order valence-corrected chi connectivity index (χ0v) is 8.62. The van der Waals surface area contributed by atoms with Crippen molar-refractivity contribution in [3.05, 3.63) is 46.8 Å². The van der Waals surface area contributed by atoms with Crippen molar-refractivity contribution in [1.29, 1.82) is 0 Å². The lowest BCUT2D eigenvalue weighted by Crippen LogP contribution is -1.95. The highest BCUT2D eigenvalue weighted by Crippen LogP contribution is 2.16. The number of benzene rings is 1. The van der Waals surface area contributed by atoms with Crippen molar-refractivity contribution in [3.8, 4) is 5.69 Å². The van der Waals surface area contributed by atoms with E-state index < -0.39 is 4.92 Å². The monoisotopic (exact) mass is 218 g/mol. The van der Waals surface area contributed by atoms with Crippen LogP contribution >= 0.6 is 0 Å². The van der Waals surface area contributed by atoms with Crippen LogP contribution in [0.15, 0.2) is 36.7 Å². The number of rotatable bonds is 3. The third-order valence-electron chi connectivity index (χ3n) is 2.20. The summed E-state index contributed by atoms with van der Waals surface area (Å²) in [5, 5.41) is 17.5. The molecule has 6 heteroatoms. The minimum absolute atomic E-state index is 0.0738. The fourth-order valence-corrected chi connectivity index (χ4v) is 1.32. The summed E-state index contributed by atoms with van der Waals surface area (Å²) in [6.07, 6.45) is 3.49. The van der Waals surface area contributed by atoms with E-state index in [1.165, 1.54) is 12.1 Å². The van der Waals surface area contributed by atoms with Gasteiger partial charge in [-0.1, -0.05) is 0 Å². The Morgan fingerprint density at radius 1 is 1.38 bits per heavy atom. The number of nitro groups is 1. The molecular weight excluding hydrogens is 208 g/mol. The molecule has 2 rings (SSSR count). The Morgan fingerprint density at radius 2 is 2.06 bits per heavy atom. The maximum atomic E-state index is 10.5. The average molecular weight is 218 g/mol. The van der Waals surface area contributed by atoms with Crippen LogP contribution < -0.4 is 5.32 Å². The average Bonchev–Trinajstić information content (AvgIpc) is 2.77. The van der Waals surface area contributed by atoms with Gasteiger partial charge in [-0.25, -0.2) is 4.68 Å². The van der Waals surface area contributed by atoms with Crippen molar-refractivity contribution in [2.45, 2.75) is 0 Å². The highest BCUT2D eigenvalue weighted by Gasteiger charge is 2.05. The number of nitrogens with zero attached hydrogens (tertiary/aromatic N) is 3. The summed E-state index contributed by atoms with van der Waals surface area (Å²) >= 11 is 0. The molecule has 0 radical (unpaired) electrons. The zero-order valence-electron chi connectivity index (χ0n) is 8.62. The van der Waals surface area contributed by atoms with Gasteiger partial charge >= 0.3 is 0 Å². The molecule has 1 aromatic carbocycles. The van der Waals surface area contributed by atoms with Crippen LogP contribution in [0, 0.1) is 10.1 Å². The molecule has 1 heterocycles. The molecule has 0 aliphatic carbocycles. The van der Waals surface area contributed by atoms with Crippen LogP contribution in [-0.4, -0.2) is 21.8 Å².